The van der Waals surface area contributed by atoms with E-state index in [1.807, 2.05) is 0 Å². The molecule has 0 aliphatic heterocycles. The van der Waals surface area contributed by atoms with Gasteiger partial charge < -0.3 is 9.84 Å². The molecule has 0 unspecified atom stereocenters. The lowest BCUT2D eigenvalue weighted by molar-refractivity contribution is 0.0694. The number of pyridine rings is 1. The minimum atomic E-state index is -1.25. The zero-order valence-electron chi connectivity index (χ0n) is 10.8. The van der Waals surface area contributed by atoms with Gasteiger partial charge in [0, 0.05) is 17.3 Å². The molecule has 1 aromatic carbocycles. The molecule has 116 valence electrons. The SMILES string of the molecule is COc1cncc(-c2c(Cl)c(Cl)c(Cl)c(Cl)c2Cl)c1C(=O)O. The summed E-state index contributed by atoms with van der Waals surface area (Å²) in [7, 11) is 1.32. The van der Waals surface area contributed by atoms with Crippen LogP contribution in [0, 0.1) is 0 Å². The molecular formula is C13H6Cl5NO3. The number of rotatable bonds is 3. The van der Waals surface area contributed by atoms with Crippen molar-refractivity contribution in [2.75, 3.05) is 7.11 Å². The number of aromatic nitrogens is 1. The van der Waals surface area contributed by atoms with Gasteiger partial charge in [0.15, 0.2) is 5.75 Å². The van der Waals surface area contributed by atoms with Gasteiger partial charge >= 0.3 is 5.97 Å². The standard InChI is InChI=1S/C13H6Cl5NO3/c1-22-5-3-19-2-4(6(5)13(20)21)7-8(14)10(16)12(18)11(17)9(7)15/h2-3H,1H3,(H,20,21). The van der Waals surface area contributed by atoms with Crippen molar-refractivity contribution in [3.8, 4) is 16.9 Å². The van der Waals surface area contributed by atoms with Crippen LogP contribution < -0.4 is 4.74 Å². The number of methoxy groups -OCH3 is 1. The summed E-state index contributed by atoms with van der Waals surface area (Å²) < 4.78 is 5.01. The number of nitrogens with zero attached hydrogens (tertiary/aromatic N) is 1. The van der Waals surface area contributed by atoms with Crippen LogP contribution in [-0.2, 0) is 0 Å². The minimum absolute atomic E-state index is 0.0187. The number of benzene rings is 1. The second-order valence-electron chi connectivity index (χ2n) is 4.01. The minimum Gasteiger partial charge on any atom is -0.494 e. The van der Waals surface area contributed by atoms with Crippen molar-refractivity contribution in [3.63, 3.8) is 0 Å². The molecule has 0 radical (unpaired) electrons. The highest BCUT2D eigenvalue weighted by Gasteiger charge is 2.26. The molecule has 2 aromatic rings. The van der Waals surface area contributed by atoms with Gasteiger partial charge in [-0.15, -0.1) is 0 Å². The van der Waals surface area contributed by atoms with Crippen LogP contribution in [0.15, 0.2) is 12.4 Å². The van der Waals surface area contributed by atoms with Crippen LogP contribution in [0.5, 0.6) is 5.75 Å². The van der Waals surface area contributed by atoms with Crippen LogP contribution in [0.1, 0.15) is 10.4 Å². The molecule has 0 bridgehead atoms. The lowest BCUT2D eigenvalue weighted by atomic mass is 10.0. The highest BCUT2D eigenvalue weighted by Crippen LogP contribution is 2.49. The lowest BCUT2D eigenvalue weighted by Gasteiger charge is -2.15. The van der Waals surface area contributed by atoms with Gasteiger partial charge in [-0.1, -0.05) is 58.0 Å². The topological polar surface area (TPSA) is 59.4 Å². The molecule has 0 atom stereocenters. The Balaban J connectivity index is 2.93. The Labute approximate surface area is 150 Å². The van der Waals surface area contributed by atoms with Gasteiger partial charge in [-0.25, -0.2) is 4.79 Å². The highest BCUT2D eigenvalue weighted by molar-refractivity contribution is 6.56. The molecule has 9 heteroatoms. The zero-order valence-corrected chi connectivity index (χ0v) is 14.5. The first kappa shape index (κ1) is 17.4. The molecule has 1 aromatic heterocycles. The molecule has 22 heavy (non-hydrogen) atoms. The summed E-state index contributed by atoms with van der Waals surface area (Å²) in [6.07, 6.45) is 2.54. The number of carbonyl (C=O) groups is 1. The Morgan fingerprint density at radius 2 is 1.50 bits per heavy atom. The van der Waals surface area contributed by atoms with Crippen LogP contribution >= 0.6 is 58.0 Å². The van der Waals surface area contributed by atoms with Crippen molar-refractivity contribution in [1.29, 1.82) is 0 Å². The number of ether oxygens (including phenoxy) is 1. The normalized spacial score (nSPS) is 10.6. The van der Waals surface area contributed by atoms with Crippen LogP contribution in [0.2, 0.25) is 25.1 Å². The Bertz CT molecular complexity index is 750. The van der Waals surface area contributed by atoms with Gasteiger partial charge in [0.25, 0.3) is 0 Å². The quantitative estimate of drug-likeness (QED) is 0.528. The summed E-state index contributed by atoms with van der Waals surface area (Å²) in [5, 5.41) is 9.28. The van der Waals surface area contributed by atoms with E-state index < -0.39 is 5.97 Å². The number of halogens is 5. The molecule has 0 fully saturated rings. The second-order valence-corrected chi connectivity index (χ2v) is 5.90. The third-order valence-electron chi connectivity index (χ3n) is 2.82. The average Bonchev–Trinajstić information content (AvgIpc) is 2.50. The molecule has 0 spiro atoms. The van der Waals surface area contributed by atoms with E-state index in [0.717, 1.165) is 0 Å². The molecular weight excluding hydrogens is 395 g/mol. The predicted molar refractivity (Wildman–Crippen MR) is 88.2 cm³/mol. The molecule has 0 aliphatic rings. The second kappa shape index (κ2) is 6.69. The maximum atomic E-state index is 11.5. The van der Waals surface area contributed by atoms with Crippen LogP contribution in [0.25, 0.3) is 11.1 Å². The van der Waals surface area contributed by atoms with Crippen LogP contribution in [0.4, 0.5) is 0 Å². The zero-order chi connectivity index (χ0) is 16.6. The Kier molecular flexibility index (Phi) is 5.30. The first-order valence-electron chi connectivity index (χ1n) is 5.58. The van der Waals surface area contributed by atoms with Gasteiger partial charge in [-0.2, -0.15) is 0 Å². The van der Waals surface area contributed by atoms with Gasteiger partial charge in [0.1, 0.15) is 5.56 Å². The maximum Gasteiger partial charge on any atom is 0.340 e. The summed E-state index contributed by atoms with van der Waals surface area (Å²) in [5.74, 6) is -1.21. The predicted octanol–water partition coefficient (Wildman–Crippen LogP) is 5.72. The number of hydrogen-bond donors (Lipinski definition) is 1. The summed E-state index contributed by atoms with van der Waals surface area (Å²) >= 11 is 30.3. The molecule has 2 rings (SSSR count). The monoisotopic (exact) mass is 399 g/mol. The molecule has 0 saturated heterocycles. The molecule has 0 aliphatic carbocycles. The fraction of sp³-hybridized carbons (Fsp3) is 0.0769. The number of carboxylic acid groups (broad SMARTS) is 1. The van der Waals surface area contributed by atoms with Crippen LogP contribution in [0.3, 0.4) is 0 Å². The van der Waals surface area contributed by atoms with Crippen molar-refractivity contribution >= 4 is 64.0 Å². The number of carboxylic acids is 1. The van der Waals surface area contributed by atoms with Crippen molar-refractivity contribution in [2.45, 2.75) is 0 Å². The van der Waals surface area contributed by atoms with E-state index >= 15 is 0 Å². The van der Waals surface area contributed by atoms with E-state index in [1.54, 1.807) is 0 Å². The molecule has 0 saturated carbocycles. The fourth-order valence-electron chi connectivity index (χ4n) is 1.85. The van der Waals surface area contributed by atoms with Crippen molar-refractivity contribution in [2.24, 2.45) is 0 Å². The van der Waals surface area contributed by atoms with E-state index in [2.05, 4.69) is 4.98 Å². The van der Waals surface area contributed by atoms with Gasteiger partial charge in [-0.3, -0.25) is 4.98 Å². The Hall–Kier alpha value is -0.910. The first-order chi connectivity index (χ1) is 10.3. The van der Waals surface area contributed by atoms with Gasteiger partial charge in [0.05, 0.1) is 38.4 Å². The van der Waals surface area contributed by atoms with E-state index in [1.165, 1.54) is 19.5 Å². The lowest BCUT2D eigenvalue weighted by Crippen LogP contribution is -2.05. The van der Waals surface area contributed by atoms with Gasteiger partial charge in [-0.05, 0) is 0 Å². The summed E-state index contributed by atoms with van der Waals surface area (Å²) in [6, 6.07) is 0. The van der Waals surface area contributed by atoms with E-state index in [-0.39, 0.29) is 47.6 Å². The number of hydrogen-bond acceptors (Lipinski definition) is 3. The van der Waals surface area contributed by atoms with E-state index in [0.29, 0.717) is 0 Å². The summed E-state index contributed by atoms with van der Waals surface area (Å²) in [6.45, 7) is 0. The third-order valence-corrected chi connectivity index (χ3v) is 5.10. The van der Waals surface area contributed by atoms with Crippen molar-refractivity contribution in [1.82, 2.24) is 4.98 Å². The van der Waals surface area contributed by atoms with Crippen molar-refractivity contribution < 1.29 is 14.6 Å². The molecule has 4 nitrogen and oxygen atoms in total. The maximum absolute atomic E-state index is 11.5. The van der Waals surface area contributed by atoms with Crippen molar-refractivity contribution in [3.05, 3.63) is 43.1 Å². The van der Waals surface area contributed by atoms with Crippen LogP contribution in [-0.4, -0.2) is 23.2 Å². The van der Waals surface area contributed by atoms with E-state index in [9.17, 15) is 9.90 Å². The largest absolute Gasteiger partial charge is 0.494 e. The Morgan fingerprint density at radius 1 is 1.00 bits per heavy atom. The third kappa shape index (κ3) is 2.82. The van der Waals surface area contributed by atoms with Gasteiger partial charge in [0.2, 0.25) is 0 Å². The summed E-state index contributed by atoms with van der Waals surface area (Å²) in [5.41, 5.74) is 0.0598. The van der Waals surface area contributed by atoms with E-state index in [4.69, 9.17) is 62.7 Å². The summed E-state index contributed by atoms with van der Waals surface area (Å²) in [4.78, 5) is 15.5. The highest BCUT2D eigenvalue weighted by atomic mass is 35.5. The average molecular weight is 401 g/mol. The molecule has 0 amide bonds. The number of aromatic carboxylic acids is 1. The Morgan fingerprint density at radius 3 is 1.95 bits per heavy atom. The molecule has 1 heterocycles. The first-order valence-corrected chi connectivity index (χ1v) is 7.47. The smallest absolute Gasteiger partial charge is 0.340 e. The molecule has 1 N–H and O–H groups in total. The fourth-order valence-corrected chi connectivity index (χ4v) is 3.19.